The molecule has 6 N–H and O–H groups in total. The van der Waals surface area contributed by atoms with Gasteiger partial charge in [0.1, 0.15) is 11.6 Å². The van der Waals surface area contributed by atoms with Crippen LogP contribution in [0.15, 0.2) is 53.4 Å². The van der Waals surface area contributed by atoms with E-state index in [9.17, 15) is 31.2 Å². The summed E-state index contributed by atoms with van der Waals surface area (Å²) in [6.07, 6.45) is -5.30. The highest BCUT2D eigenvalue weighted by Crippen LogP contribution is 2.16. The van der Waals surface area contributed by atoms with Gasteiger partial charge in [0.2, 0.25) is 15.9 Å². The third kappa shape index (κ3) is 11.4. The number of amides is 1. The van der Waals surface area contributed by atoms with E-state index in [-0.39, 0.29) is 23.7 Å². The van der Waals surface area contributed by atoms with Crippen LogP contribution >= 0.6 is 0 Å². The van der Waals surface area contributed by atoms with Gasteiger partial charge in [0.25, 0.3) is 5.84 Å². The molecular weight excluding hydrogens is 533 g/mol. The molecular formula is C23H27F3N4O7S. The van der Waals surface area contributed by atoms with Gasteiger partial charge in [0, 0.05) is 18.7 Å². The Morgan fingerprint density at radius 1 is 1.03 bits per heavy atom. The predicted molar refractivity (Wildman–Crippen MR) is 128 cm³/mol. The van der Waals surface area contributed by atoms with E-state index in [4.69, 9.17) is 25.8 Å². The lowest BCUT2D eigenvalue weighted by atomic mass is 10.1. The molecule has 1 amide bonds. The summed E-state index contributed by atoms with van der Waals surface area (Å²) in [4.78, 5) is 33.1. The second kappa shape index (κ2) is 13.0. The van der Waals surface area contributed by atoms with Crippen LogP contribution in [-0.2, 0) is 24.3 Å². The first-order chi connectivity index (χ1) is 17.3. The van der Waals surface area contributed by atoms with Crippen molar-refractivity contribution in [3.8, 4) is 0 Å². The molecule has 0 atom stereocenters. The maximum absolute atomic E-state index is 12.4. The predicted octanol–water partition coefficient (Wildman–Crippen LogP) is -0.288. The van der Waals surface area contributed by atoms with Gasteiger partial charge in [0.05, 0.1) is 16.0 Å². The number of hydrogen-bond donors (Lipinski definition) is 4. The lowest BCUT2D eigenvalue weighted by Crippen LogP contribution is -2.46. The van der Waals surface area contributed by atoms with Crippen molar-refractivity contribution >= 4 is 39.4 Å². The Bertz CT molecular complexity index is 1290. The van der Waals surface area contributed by atoms with Crippen molar-refractivity contribution in [2.24, 2.45) is 5.73 Å². The van der Waals surface area contributed by atoms with Gasteiger partial charge in [0.15, 0.2) is 0 Å². The van der Waals surface area contributed by atoms with Crippen molar-refractivity contribution in [1.82, 2.24) is 4.72 Å². The molecule has 11 nitrogen and oxygen atoms in total. The minimum atomic E-state index is -5.19. The quantitative estimate of drug-likeness (QED) is 0.192. The van der Waals surface area contributed by atoms with Crippen molar-refractivity contribution in [1.29, 1.82) is 0 Å². The Hall–Kier alpha value is -3.98. The zero-order valence-electron chi connectivity index (χ0n) is 20.6. The summed E-state index contributed by atoms with van der Waals surface area (Å²) in [6.45, 7) is 5.16. The van der Waals surface area contributed by atoms with Crippen molar-refractivity contribution in [2.45, 2.75) is 43.9 Å². The van der Waals surface area contributed by atoms with Crippen LogP contribution in [0, 0.1) is 0 Å². The van der Waals surface area contributed by atoms with E-state index < -0.39 is 39.6 Å². The first-order valence-electron chi connectivity index (χ1n) is 10.7. The molecule has 2 rings (SSSR count). The summed E-state index contributed by atoms with van der Waals surface area (Å²) >= 11 is 0. The zero-order chi connectivity index (χ0) is 29.3. The number of carboxylic acids is 1. The van der Waals surface area contributed by atoms with Gasteiger partial charge in [-0.05, 0) is 57.2 Å². The summed E-state index contributed by atoms with van der Waals surface area (Å²) in [5.41, 5.74) is 5.95. The molecule has 0 aromatic heterocycles. The molecule has 0 fully saturated rings. The van der Waals surface area contributed by atoms with Crippen LogP contribution in [0.2, 0.25) is 0 Å². The first-order valence-corrected chi connectivity index (χ1v) is 12.2. The molecule has 0 saturated carbocycles. The number of alkyl halides is 3. The van der Waals surface area contributed by atoms with E-state index in [0.717, 1.165) is 0 Å². The van der Waals surface area contributed by atoms with Gasteiger partial charge in [-0.25, -0.2) is 17.9 Å². The number of carbonyl (C=O) groups is 3. The molecule has 2 aromatic rings. The number of nitrogens with one attached hydrogen (secondary N) is 2. The smallest absolute Gasteiger partial charge is 0.430 e. The Balaban J connectivity index is 0.000000905. The molecule has 2 aromatic carbocycles. The molecule has 0 unspecified atom stereocenters. The number of hydrogen-bond acceptors (Lipinski definition) is 7. The van der Waals surface area contributed by atoms with Crippen LogP contribution in [0.3, 0.4) is 0 Å². The van der Waals surface area contributed by atoms with Gasteiger partial charge in [-0.1, -0.05) is 12.1 Å². The number of rotatable bonds is 8. The number of aliphatic carboxylic acids is 1. The van der Waals surface area contributed by atoms with Crippen LogP contribution in [-0.4, -0.2) is 50.4 Å². The Morgan fingerprint density at radius 2 is 1.58 bits per heavy atom. The molecule has 38 heavy (non-hydrogen) atoms. The maximum Gasteiger partial charge on any atom is 0.430 e. The normalized spacial score (nSPS) is 11.5. The Kier molecular flexibility index (Phi) is 11.0. The number of nitrogens with two attached hydrogens (primary N) is 2. The van der Waals surface area contributed by atoms with Gasteiger partial charge < -0.3 is 20.0 Å². The maximum atomic E-state index is 12.4. The zero-order valence-corrected chi connectivity index (χ0v) is 21.4. The third-order valence-electron chi connectivity index (χ3n) is 4.13. The summed E-state index contributed by atoms with van der Waals surface area (Å²) in [5.74, 6) is -3.93. The minimum absolute atomic E-state index is 0.00467. The number of anilines is 1. The average Bonchev–Trinajstić information content (AvgIpc) is 2.78. The highest BCUT2D eigenvalue weighted by Gasteiger charge is 2.28. The van der Waals surface area contributed by atoms with E-state index in [2.05, 4.69) is 10.0 Å². The minimum Gasteiger partial charge on any atom is -0.542 e. The number of halogens is 3. The van der Waals surface area contributed by atoms with Gasteiger partial charge in [-0.15, -0.1) is 0 Å². The standard InChI is InChI=1S/C21H26N4O5S.C2HF3O2/c1-21(2,3)30-20(27)15-7-4-8-16(12-15)25-18(26)10-11-24-31(28,29)17-9-5-6-14(13-17)19(22)23;3-2(4,5)1(6)7/h4-9,12-13,24H,10-11H2,1-3H3,(H3,22,23)(H,25,26);(H,6,7). The molecule has 0 radical (unpaired) electrons. The number of ether oxygens (including phenoxy) is 1. The topological polar surface area (TPSA) is 193 Å². The number of esters is 1. The molecule has 0 heterocycles. The number of amidine groups is 1. The second-order valence-corrected chi connectivity index (χ2v) is 10.3. The van der Waals surface area contributed by atoms with Crippen LogP contribution in [0.5, 0.6) is 0 Å². The van der Waals surface area contributed by atoms with Crippen molar-refractivity contribution in [3.63, 3.8) is 0 Å². The van der Waals surface area contributed by atoms with E-state index >= 15 is 0 Å². The summed E-state index contributed by atoms with van der Waals surface area (Å²) < 4.78 is 64.0. The van der Waals surface area contributed by atoms with Crippen LogP contribution in [0.25, 0.3) is 0 Å². The molecule has 0 aliphatic carbocycles. The van der Waals surface area contributed by atoms with Crippen LogP contribution < -0.4 is 26.3 Å². The molecule has 0 bridgehead atoms. The van der Waals surface area contributed by atoms with Crippen molar-refractivity contribution in [3.05, 3.63) is 59.7 Å². The third-order valence-corrected chi connectivity index (χ3v) is 5.59. The molecule has 0 spiro atoms. The number of carboxylic acid groups (broad SMARTS) is 1. The highest BCUT2D eigenvalue weighted by molar-refractivity contribution is 7.89. The SMILES string of the molecule is CC(C)(C)OC(=O)c1cccc(NC(=O)CCNS(=O)(=O)c2cccc(C(N)=[NH2+])c2)c1.O=C([O-])C(F)(F)F. The first kappa shape index (κ1) is 32.0. The number of benzene rings is 2. The van der Waals surface area contributed by atoms with Crippen molar-refractivity contribution in [2.75, 3.05) is 11.9 Å². The molecule has 0 saturated heterocycles. The average molecular weight is 561 g/mol. The Labute approximate surface area is 216 Å². The van der Waals surface area contributed by atoms with Gasteiger partial charge in [-0.2, -0.15) is 13.2 Å². The molecule has 208 valence electrons. The summed E-state index contributed by atoms with van der Waals surface area (Å²) in [6, 6.07) is 12.2. The van der Waals surface area contributed by atoms with Gasteiger partial charge >= 0.3 is 12.1 Å². The van der Waals surface area contributed by atoms with Crippen LogP contribution in [0.4, 0.5) is 18.9 Å². The van der Waals surface area contributed by atoms with Crippen LogP contribution in [0.1, 0.15) is 43.1 Å². The van der Waals surface area contributed by atoms with Gasteiger partial charge in [-0.3, -0.25) is 15.9 Å². The summed E-state index contributed by atoms with van der Waals surface area (Å²) in [5, 5.41) is 16.9. The fraction of sp³-hybridized carbons (Fsp3) is 0.304. The summed E-state index contributed by atoms with van der Waals surface area (Å²) in [7, 11) is -3.84. The Morgan fingerprint density at radius 3 is 2.11 bits per heavy atom. The van der Waals surface area contributed by atoms with E-state index in [1.54, 1.807) is 45.0 Å². The second-order valence-electron chi connectivity index (χ2n) is 8.55. The van der Waals surface area contributed by atoms with E-state index in [1.165, 1.54) is 24.3 Å². The number of carbonyl (C=O) groups excluding carboxylic acids is 3. The molecule has 15 heteroatoms. The number of sulfonamides is 1. The lowest BCUT2D eigenvalue weighted by Gasteiger charge is -2.19. The van der Waals surface area contributed by atoms with E-state index in [1.807, 2.05) is 0 Å². The fourth-order valence-electron chi connectivity index (χ4n) is 2.51. The molecule has 0 aliphatic heterocycles. The monoisotopic (exact) mass is 560 g/mol. The molecule has 0 aliphatic rings. The lowest BCUT2D eigenvalue weighted by molar-refractivity contribution is -0.344. The largest absolute Gasteiger partial charge is 0.542 e. The highest BCUT2D eigenvalue weighted by atomic mass is 32.2. The van der Waals surface area contributed by atoms with Crippen molar-refractivity contribution < 1.29 is 51.2 Å². The fourth-order valence-corrected chi connectivity index (χ4v) is 3.59. The van der Waals surface area contributed by atoms with E-state index in [0.29, 0.717) is 16.8 Å².